The third kappa shape index (κ3) is 5.66. The number of ether oxygens (including phenoxy) is 1. The molecule has 0 fully saturated rings. The fourth-order valence-electron chi connectivity index (χ4n) is 1.77. The monoisotopic (exact) mass is 281 g/mol. The van der Waals surface area contributed by atoms with Crippen LogP contribution in [0.25, 0.3) is 0 Å². The first-order chi connectivity index (χ1) is 8.83. The average Bonchev–Trinajstić information content (AvgIpc) is 2.29. The van der Waals surface area contributed by atoms with Crippen molar-refractivity contribution in [2.24, 2.45) is 5.73 Å². The molecule has 0 saturated heterocycles. The van der Waals surface area contributed by atoms with Crippen LogP contribution in [-0.4, -0.2) is 23.9 Å². The number of thioether (sulfide) groups is 1. The standard InChI is InChI=1S/C15H23NO2S/c1-11-7-5-6-8-12(11)13(9-16)19-10-14(17)18-15(2,3)4/h5-8,13H,9-10,16H2,1-4H3. The maximum Gasteiger partial charge on any atom is 0.316 e. The van der Waals surface area contributed by atoms with E-state index in [1.807, 2.05) is 32.9 Å². The van der Waals surface area contributed by atoms with Gasteiger partial charge in [-0.15, -0.1) is 11.8 Å². The Bertz CT molecular complexity index is 426. The summed E-state index contributed by atoms with van der Waals surface area (Å²) in [5, 5.41) is 0.133. The van der Waals surface area contributed by atoms with Crippen LogP contribution in [0.5, 0.6) is 0 Å². The number of rotatable bonds is 5. The van der Waals surface area contributed by atoms with Crippen LogP contribution in [0.2, 0.25) is 0 Å². The van der Waals surface area contributed by atoms with E-state index in [0.717, 1.165) is 0 Å². The van der Waals surface area contributed by atoms with Crippen molar-refractivity contribution in [3.05, 3.63) is 35.4 Å². The Hall–Kier alpha value is -1.00. The van der Waals surface area contributed by atoms with E-state index in [9.17, 15) is 4.79 Å². The van der Waals surface area contributed by atoms with Crippen LogP contribution in [0.15, 0.2) is 24.3 Å². The number of carbonyl (C=O) groups excluding carboxylic acids is 1. The third-order valence-electron chi connectivity index (χ3n) is 2.57. The number of aryl methyl sites for hydroxylation is 1. The number of nitrogens with two attached hydrogens (primary N) is 1. The van der Waals surface area contributed by atoms with Gasteiger partial charge >= 0.3 is 5.97 Å². The lowest BCUT2D eigenvalue weighted by molar-refractivity contribution is -0.151. The number of benzene rings is 1. The Balaban J connectivity index is 2.59. The van der Waals surface area contributed by atoms with Crippen molar-refractivity contribution in [3.8, 4) is 0 Å². The summed E-state index contributed by atoms with van der Waals surface area (Å²) < 4.78 is 5.30. The maximum absolute atomic E-state index is 11.7. The Morgan fingerprint density at radius 2 is 2.00 bits per heavy atom. The topological polar surface area (TPSA) is 52.3 Å². The van der Waals surface area contributed by atoms with Crippen LogP contribution in [0.3, 0.4) is 0 Å². The van der Waals surface area contributed by atoms with Crippen molar-refractivity contribution in [2.75, 3.05) is 12.3 Å². The first-order valence-electron chi connectivity index (χ1n) is 6.42. The summed E-state index contributed by atoms with van der Waals surface area (Å²) in [7, 11) is 0. The fourth-order valence-corrected chi connectivity index (χ4v) is 2.75. The molecule has 1 aromatic carbocycles. The van der Waals surface area contributed by atoms with Crippen molar-refractivity contribution in [3.63, 3.8) is 0 Å². The highest BCUT2D eigenvalue weighted by molar-refractivity contribution is 8.00. The van der Waals surface area contributed by atoms with Gasteiger partial charge in [-0.3, -0.25) is 4.79 Å². The molecule has 0 saturated carbocycles. The van der Waals surface area contributed by atoms with Gasteiger partial charge in [-0.2, -0.15) is 0 Å². The number of hydrogen-bond donors (Lipinski definition) is 1. The Kier molecular flexibility index (Phi) is 5.88. The maximum atomic E-state index is 11.7. The molecule has 0 aliphatic rings. The molecule has 0 bridgehead atoms. The molecule has 0 radical (unpaired) electrons. The molecule has 0 heterocycles. The molecule has 1 rings (SSSR count). The predicted molar refractivity (Wildman–Crippen MR) is 81.3 cm³/mol. The first-order valence-corrected chi connectivity index (χ1v) is 7.47. The fraction of sp³-hybridized carbons (Fsp3) is 0.533. The van der Waals surface area contributed by atoms with E-state index >= 15 is 0 Å². The predicted octanol–water partition coefficient (Wildman–Crippen LogP) is 3.07. The van der Waals surface area contributed by atoms with Crippen LogP contribution in [0.1, 0.15) is 37.1 Å². The van der Waals surface area contributed by atoms with Crippen LogP contribution < -0.4 is 5.73 Å². The van der Waals surface area contributed by atoms with Gasteiger partial charge in [0.05, 0.1) is 5.75 Å². The second-order valence-electron chi connectivity index (χ2n) is 5.48. The molecule has 3 nitrogen and oxygen atoms in total. The second kappa shape index (κ2) is 6.96. The van der Waals surface area contributed by atoms with Crippen molar-refractivity contribution >= 4 is 17.7 Å². The van der Waals surface area contributed by atoms with E-state index in [0.29, 0.717) is 12.3 Å². The van der Waals surface area contributed by atoms with E-state index in [4.69, 9.17) is 10.5 Å². The molecule has 4 heteroatoms. The normalized spacial score (nSPS) is 13.1. The Morgan fingerprint density at radius 1 is 1.37 bits per heavy atom. The van der Waals surface area contributed by atoms with Gasteiger partial charge in [-0.05, 0) is 38.8 Å². The minimum Gasteiger partial charge on any atom is -0.459 e. The van der Waals surface area contributed by atoms with Gasteiger partial charge in [-0.1, -0.05) is 24.3 Å². The number of esters is 1. The van der Waals surface area contributed by atoms with Gasteiger partial charge in [0, 0.05) is 11.8 Å². The molecule has 0 amide bonds. The number of hydrogen-bond acceptors (Lipinski definition) is 4. The van der Waals surface area contributed by atoms with E-state index < -0.39 is 5.60 Å². The molecule has 106 valence electrons. The highest BCUT2D eigenvalue weighted by Crippen LogP contribution is 2.30. The lowest BCUT2D eigenvalue weighted by Crippen LogP contribution is -2.25. The van der Waals surface area contributed by atoms with Gasteiger partial charge in [0.2, 0.25) is 0 Å². The molecule has 1 unspecified atom stereocenters. The zero-order chi connectivity index (χ0) is 14.5. The minimum absolute atomic E-state index is 0.133. The summed E-state index contributed by atoms with van der Waals surface area (Å²) in [5.41, 5.74) is 7.78. The van der Waals surface area contributed by atoms with Crippen LogP contribution >= 0.6 is 11.8 Å². The first kappa shape index (κ1) is 16.1. The van der Waals surface area contributed by atoms with Crippen LogP contribution in [0.4, 0.5) is 0 Å². The zero-order valence-corrected chi connectivity index (χ0v) is 12.9. The highest BCUT2D eigenvalue weighted by Gasteiger charge is 2.19. The van der Waals surface area contributed by atoms with Gasteiger partial charge in [0.1, 0.15) is 5.60 Å². The summed E-state index contributed by atoms with van der Waals surface area (Å²) >= 11 is 1.54. The number of carbonyl (C=O) groups is 1. The van der Waals surface area contributed by atoms with Gasteiger partial charge < -0.3 is 10.5 Å². The summed E-state index contributed by atoms with van der Waals surface area (Å²) in [4.78, 5) is 11.7. The van der Waals surface area contributed by atoms with E-state index in [1.54, 1.807) is 0 Å². The molecule has 1 aromatic rings. The lowest BCUT2D eigenvalue weighted by Gasteiger charge is -2.21. The molecule has 2 N–H and O–H groups in total. The summed E-state index contributed by atoms with van der Waals surface area (Å²) in [5.74, 6) is 0.137. The molecule has 0 aliphatic carbocycles. The molecule has 1 atom stereocenters. The Morgan fingerprint density at radius 3 is 2.53 bits per heavy atom. The average molecular weight is 281 g/mol. The summed E-state index contributed by atoms with van der Waals surface area (Å²) in [6, 6.07) is 8.13. The highest BCUT2D eigenvalue weighted by atomic mass is 32.2. The smallest absolute Gasteiger partial charge is 0.316 e. The Labute approximate surface area is 119 Å². The van der Waals surface area contributed by atoms with E-state index in [1.165, 1.54) is 22.9 Å². The van der Waals surface area contributed by atoms with Crippen molar-refractivity contribution in [1.29, 1.82) is 0 Å². The molecule has 0 spiro atoms. The van der Waals surface area contributed by atoms with Crippen LogP contribution in [0, 0.1) is 6.92 Å². The van der Waals surface area contributed by atoms with Crippen molar-refractivity contribution in [1.82, 2.24) is 0 Å². The molecule has 0 aliphatic heterocycles. The zero-order valence-electron chi connectivity index (χ0n) is 12.1. The molecule has 19 heavy (non-hydrogen) atoms. The molecular formula is C15H23NO2S. The van der Waals surface area contributed by atoms with Gasteiger partial charge in [0.15, 0.2) is 0 Å². The largest absolute Gasteiger partial charge is 0.459 e. The van der Waals surface area contributed by atoms with Crippen molar-refractivity contribution < 1.29 is 9.53 Å². The molecular weight excluding hydrogens is 258 g/mol. The van der Waals surface area contributed by atoms with E-state index in [-0.39, 0.29) is 11.2 Å². The third-order valence-corrected chi connectivity index (χ3v) is 3.82. The van der Waals surface area contributed by atoms with E-state index in [2.05, 4.69) is 19.1 Å². The summed E-state index contributed by atoms with van der Waals surface area (Å²) in [6.07, 6.45) is 0. The van der Waals surface area contributed by atoms with Gasteiger partial charge in [0.25, 0.3) is 0 Å². The molecule has 0 aromatic heterocycles. The minimum atomic E-state index is -0.432. The lowest BCUT2D eigenvalue weighted by atomic mass is 10.1. The quantitative estimate of drug-likeness (QED) is 0.843. The SMILES string of the molecule is Cc1ccccc1C(CN)SCC(=O)OC(C)(C)C. The van der Waals surface area contributed by atoms with Gasteiger partial charge in [-0.25, -0.2) is 0 Å². The van der Waals surface area contributed by atoms with Crippen molar-refractivity contribution in [2.45, 2.75) is 38.5 Å². The van der Waals surface area contributed by atoms with Crippen LogP contribution in [-0.2, 0) is 9.53 Å². The second-order valence-corrected chi connectivity index (χ2v) is 6.67. The summed E-state index contributed by atoms with van der Waals surface area (Å²) in [6.45, 7) is 8.19.